The Bertz CT molecular complexity index is 414. The van der Waals surface area contributed by atoms with Crippen LogP contribution in [0.5, 0.6) is 0 Å². The van der Waals surface area contributed by atoms with E-state index in [0.717, 1.165) is 6.54 Å². The van der Waals surface area contributed by atoms with Crippen molar-refractivity contribution in [2.24, 2.45) is 7.05 Å². The first-order valence-corrected chi connectivity index (χ1v) is 5.78. The zero-order valence-corrected chi connectivity index (χ0v) is 11.6. The van der Waals surface area contributed by atoms with Crippen LogP contribution in [0.1, 0.15) is 19.8 Å². The van der Waals surface area contributed by atoms with Crippen molar-refractivity contribution in [3.05, 3.63) is 18.7 Å². The third-order valence-corrected chi connectivity index (χ3v) is 1.78. The molecule has 8 heteroatoms. The number of thiocyanates is 1. The highest BCUT2D eigenvalue weighted by atomic mass is 32.1. The highest BCUT2D eigenvalue weighted by Gasteiger charge is 2.04. The molecule has 106 valence electrons. The fourth-order valence-corrected chi connectivity index (χ4v) is 0.975. The van der Waals surface area contributed by atoms with E-state index in [4.69, 9.17) is 25.1 Å². The number of aryl methyl sites for hydroxylation is 2. The minimum atomic E-state index is -1.82. The van der Waals surface area contributed by atoms with Gasteiger partial charge < -0.3 is 22.8 Å². The predicted octanol–water partition coefficient (Wildman–Crippen LogP) is 0.283. The monoisotopic (exact) mass is 287 g/mol. The van der Waals surface area contributed by atoms with Gasteiger partial charge in [-0.25, -0.2) is 24.0 Å². The largest absolute Gasteiger partial charge is 0.696 e. The lowest BCUT2D eigenvalue weighted by Crippen LogP contribution is -2.23. The molecule has 7 nitrogen and oxygen atoms in total. The molecular formula is C11H17N3O4S. The molecular weight excluding hydrogens is 270 g/mol. The number of carbonyl (C=O) groups is 2. The van der Waals surface area contributed by atoms with E-state index >= 15 is 0 Å². The summed E-state index contributed by atoms with van der Waals surface area (Å²) in [5, 5.41) is 23.2. The number of carboxylic acids is 2. The summed E-state index contributed by atoms with van der Waals surface area (Å²) >= 11 is 3.70. The second-order valence-corrected chi connectivity index (χ2v) is 3.55. The lowest BCUT2D eigenvalue weighted by Gasteiger charge is -1.90. The molecule has 0 unspecified atom stereocenters. The van der Waals surface area contributed by atoms with Crippen molar-refractivity contribution in [3.63, 3.8) is 0 Å². The minimum Gasteiger partial charge on any atom is -0.696 e. The van der Waals surface area contributed by atoms with Crippen molar-refractivity contribution in [1.82, 2.24) is 4.57 Å². The van der Waals surface area contributed by atoms with Crippen LogP contribution in [-0.4, -0.2) is 26.7 Å². The van der Waals surface area contributed by atoms with Crippen LogP contribution in [0.4, 0.5) is 0 Å². The summed E-state index contributed by atoms with van der Waals surface area (Å²) in [5.74, 6) is -3.65. The van der Waals surface area contributed by atoms with Crippen LogP contribution < -0.4 is 4.57 Å². The first-order chi connectivity index (χ1) is 8.88. The van der Waals surface area contributed by atoms with Gasteiger partial charge in [-0.05, 0) is 6.42 Å². The number of unbranched alkanes of at least 4 members (excludes halogenated alkanes) is 1. The van der Waals surface area contributed by atoms with E-state index in [1.807, 2.05) is 7.05 Å². The van der Waals surface area contributed by atoms with Gasteiger partial charge in [0, 0.05) is 0 Å². The van der Waals surface area contributed by atoms with Gasteiger partial charge in [0.2, 0.25) is 6.33 Å². The maximum absolute atomic E-state index is 9.10. The van der Waals surface area contributed by atoms with E-state index in [0.29, 0.717) is 0 Å². The van der Waals surface area contributed by atoms with Gasteiger partial charge in [-0.15, -0.1) is 0 Å². The zero-order chi connectivity index (χ0) is 15.3. The second kappa shape index (κ2) is 12.3. The molecule has 0 spiro atoms. The third kappa shape index (κ3) is 13.8. The number of nitrogens with zero attached hydrogens (tertiary/aromatic N) is 3. The van der Waals surface area contributed by atoms with E-state index in [1.165, 1.54) is 18.2 Å². The molecule has 0 fully saturated rings. The molecule has 0 radical (unpaired) electrons. The Hall–Kier alpha value is -2.14. The van der Waals surface area contributed by atoms with Gasteiger partial charge in [0.25, 0.3) is 0 Å². The molecule has 0 aliphatic carbocycles. The normalized spacial score (nSPS) is 8.05. The van der Waals surface area contributed by atoms with Crippen LogP contribution >= 0.6 is 0 Å². The van der Waals surface area contributed by atoms with Gasteiger partial charge in [0.05, 0.1) is 13.6 Å². The molecule has 0 saturated heterocycles. The number of hydrogen-bond donors (Lipinski definition) is 2. The van der Waals surface area contributed by atoms with Crippen LogP contribution in [0.25, 0.3) is 0 Å². The fraction of sp³-hybridized carbons (Fsp3) is 0.455. The van der Waals surface area contributed by atoms with Gasteiger partial charge in [-0.2, -0.15) is 0 Å². The molecule has 2 N–H and O–H groups in total. The lowest BCUT2D eigenvalue weighted by atomic mass is 10.3. The summed E-state index contributed by atoms with van der Waals surface area (Å²) in [4.78, 5) is 18.2. The molecule has 0 aliphatic rings. The molecule has 0 aromatic carbocycles. The van der Waals surface area contributed by atoms with Gasteiger partial charge in [-0.1, -0.05) is 18.7 Å². The van der Waals surface area contributed by atoms with Crippen LogP contribution in [0.3, 0.4) is 0 Å². The number of nitriles is 1. The summed E-state index contributed by atoms with van der Waals surface area (Å²) in [7, 11) is 2.04. The van der Waals surface area contributed by atoms with Gasteiger partial charge in [-0.3, -0.25) is 0 Å². The number of hydrogen-bond acceptors (Lipinski definition) is 4. The number of carboxylic acid groups (broad SMARTS) is 2. The Morgan fingerprint density at radius 3 is 2.16 bits per heavy atom. The topological polar surface area (TPSA) is 107 Å². The molecule has 1 heterocycles. The van der Waals surface area contributed by atoms with Gasteiger partial charge in [0.15, 0.2) is 0 Å². The summed E-state index contributed by atoms with van der Waals surface area (Å²) in [6.45, 7) is 3.36. The van der Waals surface area contributed by atoms with Crippen LogP contribution in [-0.2, 0) is 35.8 Å². The van der Waals surface area contributed by atoms with Crippen molar-refractivity contribution in [2.75, 3.05) is 0 Å². The van der Waals surface area contributed by atoms with Crippen LogP contribution in [0.15, 0.2) is 18.7 Å². The van der Waals surface area contributed by atoms with Crippen molar-refractivity contribution < 1.29 is 24.4 Å². The van der Waals surface area contributed by atoms with Crippen molar-refractivity contribution in [2.45, 2.75) is 26.3 Å². The van der Waals surface area contributed by atoms with Crippen molar-refractivity contribution in [3.8, 4) is 5.40 Å². The summed E-state index contributed by atoms with van der Waals surface area (Å²) in [6, 6.07) is 0. The Kier molecular flexibility index (Phi) is 12.5. The summed E-state index contributed by atoms with van der Waals surface area (Å²) < 4.78 is 4.28. The van der Waals surface area contributed by atoms with Gasteiger partial charge >= 0.3 is 11.9 Å². The number of rotatable bonds is 3. The Balaban J connectivity index is 0. The number of aliphatic carboxylic acids is 2. The molecule has 1 rings (SSSR count). The second-order valence-electron chi connectivity index (χ2n) is 3.37. The smallest absolute Gasteiger partial charge is 0.414 e. The summed E-state index contributed by atoms with van der Waals surface area (Å²) in [6.07, 6.45) is 8.82. The summed E-state index contributed by atoms with van der Waals surface area (Å²) in [5.41, 5.74) is 0. The number of imidazole rings is 1. The molecule has 0 atom stereocenters. The van der Waals surface area contributed by atoms with E-state index in [9.17, 15) is 0 Å². The van der Waals surface area contributed by atoms with Gasteiger partial charge in [0.1, 0.15) is 12.4 Å². The van der Waals surface area contributed by atoms with Crippen LogP contribution in [0.2, 0.25) is 0 Å². The Morgan fingerprint density at radius 1 is 1.42 bits per heavy atom. The zero-order valence-electron chi connectivity index (χ0n) is 10.8. The first kappa shape index (κ1) is 19.2. The quantitative estimate of drug-likeness (QED) is 0.358. The van der Waals surface area contributed by atoms with E-state index in [2.05, 4.69) is 47.4 Å². The van der Waals surface area contributed by atoms with Crippen LogP contribution in [0, 0.1) is 10.7 Å². The third-order valence-electron chi connectivity index (χ3n) is 1.78. The van der Waals surface area contributed by atoms with E-state index in [-0.39, 0.29) is 0 Å². The molecule has 0 amide bonds. The highest BCUT2D eigenvalue weighted by molar-refractivity contribution is 7.64. The first-order valence-electron chi connectivity index (χ1n) is 5.37. The molecule has 1 aromatic heterocycles. The lowest BCUT2D eigenvalue weighted by molar-refractivity contribution is -0.671. The maximum atomic E-state index is 9.10. The standard InChI is InChI=1S/C8H15N2.C2H2O4.CHNS/c1-3-4-5-10-7-6-9(2)8-10;3-1(4)2(5)6;2-1-3/h6-8H,3-5H2,1-2H3;(H,3,4)(H,5,6);3H/q+1;;/p-1. The minimum absolute atomic E-state index is 1.15. The molecule has 1 aromatic rings. The molecule has 0 aliphatic heterocycles. The molecule has 0 bridgehead atoms. The SMILES string of the molecule is CCCCn1cc[n+](C)c1.N#C[S-].O=C(O)C(=O)O. The Labute approximate surface area is 117 Å². The van der Waals surface area contributed by atoms with E-state index in [1.54, 1.807) is 0 Å². The average Bonchev–Trinajstić information content (AvgIpc) is 2.74. The van der Waals surface area contributed by atoms with Crippen molar-refractivity contribution >= 4 is 24.6 Å². The average molecular weight is 287 g/mol. The Morgan fingerprint density at radius 2 is 1.89 bits per heavy atom. The predicted molar refractivity (Wildman–Crippen MR) is 68.8 cm³/mol. The van der Waals surface area contributed by atoms with Crippen molar-refractivity contribution in [1.29, 1.82) is 5.26 Å². The van der Waals surface area contributed by atoms with E-state index < -0.39 is 11.9 Å². The maximum Gasteiger partial charge on any atom is 0.414 e. The highest BCUT2D eigenvalue weighted by Crippen LogP contribution is 1.91. The molecule has 0 saturated carbocycles. The fourth-order valence-electron chi connectivity index (χ4n) is 0.975. The molecule has 19 heavy (non-hydrogen) atoms. The number of aromatic nitrogens is 2.